The molecule has 27 heavy (non-hydrogen) atoms. The lowest BCUT2D eigenvalue weighted by Crippen LogP contribution is -2.31. The van der Waals surface area contributed by atoms with Crippen molar-refractivity contribution in [1.29, 1.82) is 0 Å². The second kappa shape index (κ2) is 7.31. The van der Waals surface area contributed by atoms with E-state index in [2.05, 4.69) is 26.2 Å². The van der Waals surface area contributed by atoms with Gasteiger partial charge >= 0.3 is 0 Å². The van der Waals surface area contributed by atoms with Crippen molar-refractivity contribution in [2.24, 2.45) is 0 Å². The van der Waals surface area contributed by atoms with Crippen LogP contribution in [0.5, 0.6) is 0 Å². The van der Waals surface area contributed by atoms with Crippen molar-refractivity contribution in [3.63, 3.8) is 0 Å². The number of aromatic nitrogens is 2. The third kappa shape index (κ3) is 3.32. The molecule has 1 amide bonds. The zero-order valence-electron chi connectivity index (χ0n) is 15.2. The first-order valence-electron chi connectivity index (χ1n) is 9.07. The molecule has 3 aromatic rings. The van der Waals surface area contributed by atoms with Gasteiger partial charge in [-0.2, -0.15) is 0 Å². The Morgan fingerprint density at radius 1 is 1.26 bits per heavy atom. The van der Waals surface area contributed by atoms with E-state index in [1.54, 1.807) is 6.07 Å². The smallest absolute Gasteiger partial charge is 0.276 e. The summed E-state index contributed by atoms with van der Waals surface area (Å²) >= 11 is 3.41. The predicted octanol–water partition coefficient (Wildman–Crippen LogP) is 4.94. The summed E-state index contributed by atoms with van der Waals surface area (Å²) in [7, 11) is 0. The highest BCUT2D eigenvalue weighted by Gasteiger charge is 2.35. The summed E-state index contributed by atoms with van der Waals surface area (Å²) in [5.41, 5.74) is 3.10. The highest BCUT2D eigenvalue weighted by molar-refractivity contribution is 9.10. The first kappa shape index (κ1) is 18.0. The van der Waals surface area contributed by atoms with Crippen LogP contribution in [0.4, 0.5) is 0 Å². The Morgan fingerprint density at radius 2 is 2.04 bits per heavy atom. The van der Waals surface area contributed by atoms with E-state index in [0.717, 1.165) is 46.3 Å². The van der Waals surface area contributed by atoms with E-state index in [0.29, 0.717) is 18.0 Å². The third-order valence-corrected chi connectivity index (χ3v) is 5.54. The zero-order chi connectivity index (χ0) is 19.0. The molecule has 7 heteroatoms. The summed E-state index contributed by atoms with van der Waals surface area (Å²) in [6, 6.07) is 9.39. The molecule has 0 unspecified atom stereocenters. The van der Waals surface area contributed by atoms with Crippen molar-refractivity contribution in [1.82, 2.24) is 15.2 Å². The molecule has 1 aromatic carbocycles. The van der Waals surface area contributed by atoms with Crippen LogP contribution in [-0.4, -0.2) is 27.7 Å². The SMILES string of the molecule is CCc1onc(C)c1[C@H]1CCCN1C(=O)c1cc(-c2ccc(Br)cc2)on1. The van der Waals surface area contributed by atoms with Gasteiger partial charge in [-0.15, -0.1) is 0 Å². The van der Waals surface area contributed by atoms with E-state index in [1.165, 1.54) is 0 Å². The van der Waals surface area contributed by atoms with Crippen LogP contribution in [0, 0.1) is 6.92 Å². The molecule has 1 aliphatic rings. The molecule has 1 atom stereocenters. The molecule has 1 saturated heterocycles. The molecule has 0 saturated carbocycles. The van der Waals surface area contributed by atoms with Gasteiger partial charge in [0.15, 0.2) is 11.5 Å². The summed E-state index contributed by atoms with van der Waals surface area (Å²) < 4.78 is 11.8. The lowest BCUT2D eigenvalue weighted by molar-refractivity contribution is 0.0724. The van der Waals surface area contributed by atoms with Gasteiger partial charge < -0.3 is 13.9 Å². The fourth-order valence-electron chi connectivity index (χ4n) is 3.69. The highest BCUT2D eigenvalue weighted by atomic mass is 79.9. The molecule has 2 aromatic heterocycles. The number of halogens is 1. The highest BCUT2D eigenvalue weighted by Crippen LogP contribution is 2.37. The van der Waals surface area contributed by atoms with Crippen LogP contribution >= 0.6 is 15.9 Å². The van der Waals surface area contributed by atoms with E-state index < -0.39 is 0 Å². The van der Waals surface area contributed by atoms with E-state index in [4.69, 9.17) is 9.05 Å². The molecule has 1 aliphatic heterocycles. The van der Waals surface area contributed by atoms with Gasteiger partial charge in [-0.3, -0.25) is 4.79 Å². The van der Waals surface area contributed by atoms with E-state index in [-0.39, 0.29) is 11.9 Å². The number of hydrogen-bond donors (Lipinski definition) is 0. The molecule has 4 rings (SSSR count). The second-order valence-electron chi connectivity index (χ2n) is 6.70. The van der Waals surface area contributed by atoms with Crippen LogP contribution in [0.15, 0.2) is 43.9 Å². The average Bonchev–Trinajstić information content (AvgIpc) is 3.40. The monoisotopic (exact) mass is 429 g/mol. The number of benzene rings is 1. The maximum Gasteiger partial charge on any atom is 0.276 e. The maximum absolute atomic E-state index is 13.1. The Morgan fingerprint density at radius 3 is 2.78 bits per heavy atom. The number of hydrogen-bond acceptors (Lipinski definition) is 5. The molecule has 0 N–H and O–H groups in total. The summed E-state index contributed by atoms with van der Waals surface area (Å²) in [6.07, 6.45) is 2.60. The van der Waals surface area contributed by atoms with Crippen LogP contribution in [0.1, 0.15) is 53.3 Å². The van der Waals surface area contributed by atoms with Gasteiger partial charge in [0.2, 0.25) is 0 Å². The summed E-state index contributed by atoms with van der Waals surface area (Å²) in [5.74, 6) is 1.32. The predicted molar refractivity (Wildman–Crippen MR) is 103 cm³/mol. The van der Waals surface area contributed by atoms with Gasteiger partial charge in [0.25, 0.3) is 5.91 Å². The molecule has 1 fully saturated rings. The van der Waals surface area contributed by atoms with Crippen LogP contribution in [0.3, 0.4) is 0 Å². The Bertz CT molecular complexity index is 961. The number of nitrogens with zero attached hydrogens (tertiary/aromatic N) is 3. The molecule has 0 aliphatic carbocycles. The second-order valence-corrected chi connectivity index (χ2v) is 7.61. The quantitative estimate of drug-likeness (QED) is 0.586. The Hall–Kier alpha value is -2.41. The van der Waals surface area contributed by atoms with Gasteiger partial charge in [0.05, 0.1) is 11.7 Å². The van der Waals surface area contributed by atoms with E-state index >= 15 is 0 Å². The molecule has 3 heterocycles. The number of rotatable bonds is 4. The number of likely N-dealkylation sites (tertiary alicyclic amines) is 1. The van der Waals surface area contributed by atoms with Crippen LogP contribution in [-0.2, 0) is 6.42 Å². The van der Waals surface area contributed by atoms with Crippen molar-refractivity contribution in [3.05, 3.63) is 57.5 Å². The van der Waals surface area contributed by atoms with Gasteiger partial charge in [-0.1, -0.05) is 45.3 Å². The fraction of sp³-hybridized carbons (Fsp3) is 0.350. The number of amides is 1. The lowest BCUT2D eigenvalue weighted by atomic mass is 10.0. The van der Waals surface area contributed by atoms with Gasteiger partial charge in [0.1, 0.15) is 5.76 Å². The normalized spacial score (nSPS) is 16.9. The first-order valence-corrected chi connectivity index (χ1v) is 9.86. The number of carbonyl (C=O) groups excluding carboxylic acids is 1. The third-order valence-electron chi connectivity index (χ3n) is 5.01. The summed E-state index contributed by atoms with van der Waals surface area (Å²) in [5, 5.41) is 8.12. The van der Waals surface area contributed by atoms with Crippen molar-refractivity contribution in [2.45, 2.75) is 39.2 Å². The number of aryl methyl sites for hydroxylation is 2. The standard InChI is InChI=1S/C20H20BrN3O3/c1-3-17-19(12(2)22-26-17)16-5-4-10-24(16)20(25)15-11-18(27-23-15)13-6-8-14(21)9-7-13/h6-9,11,16H,3-5,10H2,1-2H3/t16-/m1/s1. The molecular weight excluding hydrogens is 410 g/mol. The average molecular weight is 430 g/mol. The summed E-state index contributed by atoms with van der Waals surface area (Å²) in [6.45, 7) is 4.66. The Balaban J connectivity index is 1.60. The molecule has 6 nitrogen and oxygen atoms in total. The number of carbonyl (C=O) groups is 1. The van der Waals surface area contributed by atoms with Gasteiger partial charge in [-0.25, -0.2) is 0 Å². The molecule has 0 spiro atoms. The topological polar surface area (TPSA) is 72.4 Å². The van der Waals surface area contributed by atoms with E-state index in [1.807, 2.05) is 43.0 Å². The van der Waals surface area contributed by atoms with Crippen molar-refractivity contribution in [2.75, 3.05) is 6.54 Å². The minimum atomic E-state index is -0.118. The maximum atomic E-state index is 13.1. The van der Waals surface area contributed by atoms with Crippen molar-refractivity contribution >= 4 is 21.8 Å². The van der Waals surface area contributed by atoms with Crippen molar-refractivity contribution in [3.8, 4) is 11.3 Å². The van der Waals surface area contributed by atoms with Crippen LogP contribution in [0.25, 0.3) is 11.3 Å². The fourth-order valence-corrected chi connectivity index (χ4v) is 3.95. The Labute approximate surface area is 165 Å². The zero-order valence-corrected chi connectivity index (χ0v) is 16.8. The molecule has 140 valence electrons. The largest absolute Gasteiger partial charge is 0.361 e. The molecule has 0 bridgehead atoms. The lowest BCUT2D eigenvalue weighted by Gasteiger charge is -2.24. The van der Waals surface area contributed by atoms with E-state index in [9.17, 15) is 4.79 Å². The van der Waals surface area contributed by atoms with Crippen molar-refractivity contribution < 1.29 is 13.8 Å². The minimum absolute atomic E-state index is 0.0217. The van der Waals surface area contributed by atoms with Crippen LogP contribution in [0.2, 0.25) is 0 Å². The Kier molecular flexibility index (Phi) is 4.86. The van der Waals surface area contributed by atoms with Gasteiger partial charge in [0, 0.05) is 34.6 Å². The van der Waals surface area contributed by atoms with Crippen LogP contribution < -0.4 is 0 Å². The minimum Gasteiger partial charge on any atom is -0.361 e. The van der Waals surface area contributed by atoms with Gasteiger partial charge in [-0.05, 0) is 31.9 Å². The molecule has 0 radical (unpaired) electrons. The first-order chi connectivity index (χ1) is 13.1. The summed E-state index contributed by atoms with van der Waals surface area (Å²) in [4.78, 5) is 15.0. The molecular formula is C20H20BrN3O3.